The molecule has 1 saturated carbocycles. The van der Waals surface area contributed by atoms with Crippen LogP contribution in [0.1, 0.15) is 37.7 Å². The lowest BCUT2D eigenvalue weighted by Crippen LogP contribution is -2.20. The highest BCUT2D eigenvalue weighted by molar-refractivity contribution is 9.10. The Hall–Kier alpha value is -0.580. The summed E-state index contributed by atoms with van der Waals surface area (Å²) in [5.74, 6) is 1.46. The number of ether oxygens (including phenoxy) is 1. The summed E-state index contributed by atoms with van der Waals surface area (Å²) in [7, 11) is 0. The molecule has 0 spiro atoms. The summed E-state index contributed by atoms with van der Waals surface area (Å²) in [4.78, 5) is 0. The topological polar surface area (TPSA) is 55.5 Å². The third-order valence-corrected chi connectivity index (χ3v) is 4.53. The van der Waals surface area contributed by atoms with Crippen molar-refractivity contribution in [3.63, 3.8) is 0 Å². The Balaban J connectivity index is 1.80. The van der Waals surface area contributed by atoms with Crippen LogP contribution in [0.5, 0.6) is 5.75 Å². The molecule has 0 aliphatic heterocycles. The van der Waals surface area contributed by atoms with Gasteiger partial charge in [0.25, 0.3) is 0 Å². The zero-order valence-electron chi connectivity index (χ0n) is 11.1. The van der Waals surface area contributed by atoms with Crippen LogP contribution in [-0.4, -0.2) is 17.8 Å². The van der Waals surface area contributed by atoms with Crippen LogP contribution in [0.2, 0.25) is 0 Å². The molecule has 0 amide bonds. The van der Waals surface area contributed by atoms with Crippen molar-refractivity contribution in [2.45, 2.75) is 44.8 Å². The van der Waals surface area contributed by atoms with E-state index in [-0.39, 0.29) is 6.10 Å². The molecule has 0 saturated heterocycles. The number of nitrogens with two attached hydrogens (primary N) is 1. The van der Waals surface area contributed by atoms with Gasteiger partial charge in [-0.05, 0) is 36.1 Å². The molecule has 0 radical (unpaired) electrons. The van der Waals surface area contributed by atoms with Crippen molar-refractivity contribution in [3.8, 4) is 5.75 Å². The molecule has 0 aromatic heterocycles. The Bertz CT molecular complexity index is 405. The maximum Gasteiger partial charge on any atom is 0.119 e. The SMILES string of the molecule is NCc1cc(OCC(O)CC2CCCC2)ccc1Br. The Morgan fingerprint density at radius 2 is 2.11 bits per heavy atom. The number of halogens is 1. The van der Waals surface area contributed by atoms with E-state index in [4.69, 9.17) is 10.5 Å². The fourth-order valence-corrected chi connectivity index (χ4v) is 3.10. The van der Waals surface area contributed by atoms with Gasteiger partial charge < -0.3 is 15.6 Å². The monoisotopic (exact) mass is 327 g/mol. The Morgan fingerprint density at radius 3 is 2.79 bits per heavy atom. The number of hydrogen-bond donors (Lipinski definition) is 2. The smallest absolute Gasteiger partial charge is 0.119 e. The zero-order chi connectivity index (χ0) is 13.7. The van der Waals surface area contributed by atoms with Gasteiger partial charge in [-0.1, -0.05) is 41.6 Å². The third kappa shape index (κ3) is 4.48. The Morgan fingerprint density at radius 1 is 1.37 bits per heavy atom. The average Bonchev–Trinajstić information content (AvgIpc) is 2.90. The third-order valence-electron chi connectivity index (χ3n) is 3.76. The van der Waals surface area contributed by atoms with Crippen molar-refractivity contribution in [3.05, 3.63) is 28.2 Å². The average molecular weight is 328 g/mol. The van der Waals surface area contributed by atoms with E-state index >= 15 is 0 Å². The van der Waals surface area contributed by atoms with Crippen molar-refractivity contribution < 1.29 is 9.84 Å². The highest BCUT2D eigenvalue weighted by atomic mass is 79.9. The van der Waals surface area contributed by atoms with Gasteiger partial charge in [-0.2, -0.15) is 0 Å². The Kier molecular flexibility index (Phi) is 5.67. The Labute approximate surface area is 123 Å². The second-order valence-electron chi connectivity index (χ2n) is 5.31. The van der Waals surface area contributed by atoms with E-state index in [9.17, 15) is 5.11 Å². The predicted molar refractivity (Wildman–Crippen MR) is 80.1 cm³/mol. The van der Waals surface area contributed by atoms with E-state index in [1.165, 1.54) is 25.7 Å². The largest absolute Gasteiger partial charge is 0.491 e. The molecular weight excluding hydrogens is 306 g/mol. The van der Waals surface area contributed by atoms with E-state index in [1.807, 2.05) is 18.2 Å². The maximum absolute atomic E-state index is 9.99. The van der Waals surface area contributed by atoms with Gasteiger partial charge in [0.05, 0.1) is 6.10 Å². The van der Waals surface area contributed by atoms with Gasteiger partial charge in [0.2, 0.25) is 0 Å². The second kappa shape index (κ2) is 7.27. The molecule has 106 valence electrons. The van der Waals surface area contributed by atoms with Crippen LogP contribution in [0, 0.1) is 5.92 Å². The summed E-state index contributed by atoms with van der Waals surface area (Å²) in [6, 6.07) is 5.75. The van der Waals surface area contributed by atoms with Crippen LogP contribution in [0.4, 0.5) is 0 Å². The van der Waals surface area contributed by atoms with Crippen molar-refractivity contribution in [2.24, 2.45) is 11.7 Å². The first-order valence-electron chi connectivity index (χ1n) is 6.98. The number of aliphatic hydroxyl groups is 1. The van der Waals surface area contributed by atoms with Crippen LogP contribution < -0.4 is 10.5 Å². The van der Waals surface area contributed by atoms with Crippen molar-refractivity contribution in [2.75, 3.05) is 6.61 Å². The highest BCUT2D eigenvalue weighted by Gasteiger charge is 2.19. The molecule has 0 heterocycles. The van der Waals surface area contributed by atoms with Gasteiger partial charge >= 0.3 is 0 Å². The molecule has 19 heavy (non-hydrogen) atoms. The first-order valence-corrected chi connectivity index (χ1v) is 7.77. The lowest BCUT2D eigenvalue weighted by Gasteiger charge is -2.16. The van der Waals surface area contributed by atoms with Crippen molar-refractivity contribution in [1.82, 2.24) is 0 Å². The van der Waals surface area contributed by atoms with Crippen molar-refractivity contribution >= 4 is 15.9 Å². The van der Waals surface area contributed by atoms with Crippen LogP contribution in [0.15, 0.2) is 22.7 Å². The number of benzene rings is 1. The first-order chi connectivity index (χ1) is 9.19. The van der Waals surface area contributed by atoms with Crippen LogP contribution in [-0.2, 0) is 6.54 Å². The minimum atomic E-state index is -0.368. The fraction of sp³-hybridized carbons (Fsp3) is 0.600. The molecule has 3 nitrogen and oxygen atoms in total. The molecule has 1 aliphatic carbocycles. The second-order valence-corrected chi connectivity index (χ2v) is 6.16. The number of aliphatic hydroxyl groups excluding tert-OH is 1. The molecule has 2 rings (SSSR count). The first kappa shape index (κ1) is 14.8. The summed E-state index contributed by atoms with van der Waals surface area (Å²) in [5, 5.41) is 9.99. The lowest BCUT2D eigenvalue weighted by atomic mass is 10.0. The van der Waals surface area contributed by atoms with Gasteiger partial charge in [-0.3, -0.25) is 0 Å². The summed E-state index contributed by atoms with van der Waals surface area (Å²) < 4.78 is 6.64. The molecule has 1 aromatic rings. The summed E-state index contributed by atoms with van der Waals surface area (Å²) >= 11 is 3.44. The normalized spacial score (nSPS) is 17.6. The fourth-order valence-electron chi connectivity index (χ4n) is 2.69. The summed E-state index contributed by atoms with van der Waals surface area (Å²) in [6.07, 6.45) is 5.63. The molecule has 1 aliphatic rings. The molecule has 4 heteroatoms. The summed E-state index contributed by atoms with van der Waals surface area (Å²) in [6.45, 7) is 0.838. The van der Waals surface area contributed by atoms with Gasteiger partial charge in [0, 0.05) is 11.0 Å². The summed E-state index contributed by atoms with van der Waals surface area (Å²) in [5.41, 5.74) is 6.67. The van der Waals surface area contributed by atoms with Crippen molar-refractivity contribution in [1.29, 1.82) is 0 Å². The van der Waals surface area contributed by atoms with Gasteiger partial charge in [-0.25, -0.2) is 0 Å². The predicted octanol–water partition coefficient (Wildman–Crippen LogP) is 3.23. The van der Waals surface area contributed by atoms with Crippen LogP contribution in [0.25, 0.3) is 0 Å². The number of hydrogen-bond acceptors (Lipinski definition) is 3. The van der Waals surface area contributed by atoms with E-state index in [0.717, 1.165) is 22.2 Å². The van der Waals surface area contributed by atoms with E-state index in [0.29, 0.717) is 19.1 Å². The molecule has 1 unspecified atom stereocenters. The lowest BCUT2D eigenvalue weighted by molar-refractivity contribution is 0.0855. The molecule has 1 atom stereocenters. The standard InChI is InChI=1S/C15H22BrNO2/c16-15-6-5-14(8-12(15)9-17)19-10-13(18)7-11-3-1-2-4-11/h5-6,8,11,13,18H,1-4,7,9-10,17H2. The minimum absolute atomic E-state index is 0.363. The minimum Gasteiger partial charge on any atom is -0.491 e. The van der Waals surface area contributed by atoms with E-state index in [2.05, 4.69) is 15.9 Å². The molecule has 1 fully saturated rings. The van der Waals surface area contributed by atoms with Crippen LogP contribution >= 0.6 is 15.9 Å². The van der Waals surface area contributed by atoms with E-state index in [1.54, 1.807) is 0 Å². The molecule has 3 N–H and O–H groups in total. The van der Waals surface area contributed by atoms with E-state index < -0.39 is 0 Å². The number of rotatable bonds is 6. The van der Waals surface area contributed by atoms with Gasteiger partial charge in [-0.15, -0.1) is 0 Å². The molecule has 1 aromatic carbocycles. The molecular formula is C15H22BrNO2. The quantitative estimate of drug-likeness (QED) is 0.843. The molecule has 0 bridgehead atoms. The van der Waals surface area contributed by atoms with Gasteiger partial charge in [0.1, 0.15) is 12.4 Å². The highest BCUT2D eigenvalue weighted by Crippen LogP contribution is 2.29. The zero-order valence-corrected chi connectivity index (χ0v) is 12.7. The maximum atomic E-state index is 9.99. The van der Waals surface area contributed by atoms with Crippen LogP contribution in [0.3, 0.4) is 0 Å². The van der Waals surface area contributed by atoms with Gasteiger partial charge in [0.15, 0.2) is 0 Å².